The fraction of sp³-hybridized carbons (Fsp3) is 0.455. The Hall–Kier alpha value is -1.50. The van der Waals surface area contributed by atoms with Gasteiger partial charge in [0.05, 0.1) is 26.2 Å². The number of carbonyl (C=O) groups is 1. The Labute approximate surface area is 98.9 Å². The van der Waals surface area contributed by atoms with E-state index in [1.54, 1.807) is 24.5 Å². The topological polar surface area (TPSA) is 103 Å². The normalized spacial score (nSPS) is 11.2. The molecule has 0 atom stereocenters. The molecule has 1 aromatic heterocycles. The summed E-state index contributed by atoms with van der Waals surface area (Å²) in [5.74, 6) is -0.393. The highest BCUT2D eigenvalue weighted by atomic mass is 16.3. The molecule has 0 unspecified atom stereocenters. The molecule has 0 aliphatic heterocycles. The van der Waals surface area contributed by atoms with Crippen LogP contribution in [0.2, 0.25) is 0 Å². The van der Waals surface area contributed by atoms with Gasteiger partial charge < -0.3 is 20.6 Å². The van der Waals surface area contributed by atoms with Crippen molar-refractivity contribution in [2.45, 2.75) is 12.0 Å². The zero-order valence-electron chi connectivity index (χ0n) is 9.33. The maximum atomic E-state index is 11.6. The zero-order chi connectivity index (χ0) is 12.7. The Morgan fingerprint density at radius 2 is 1.94 bits per heavy atom. The van der Waals surface area contributed by atoms with Gasteiger partial charge in [-0.25, -0.2) is 0 Å². The fourth-order valence-electron chi connectivity index (χ4n) is 1.30. The summed E-state index contributed by atoms with van der Waals surface area (Å²) in [7, 11) is 0. The van der Waals surface area contributed by atoms with Crippen LogP contribution >= 0.6 is 0 Å². The minimum Gasteiger partial charge on any atom is -0.394 e. The lowest BCUT2D eigenvalue weighted by atomic mass is 10.0. The van der Waals surface area contributed by atoms with E-state index in [1.165, 1.54) is 0 Å². The highest BCUT2D eigenvalue weighted by Gasteiger charge is 2.29. The molecule has 6 nitrogen and oxygen atoms in total. The maximum Gasteiger partial charge on any atom is 0.225 e. The molecule has 1 aromatic rings. The van der Waals surface area contributed by atoms with Gasteiger partial charge in [0.1, 0.15) is 5.54 Å². The first kappa shape index (κ1) is 13.6. The molecule has 0 spiro atoms. The number of rotatable bonds is 6. The van der Waals surface area contributed by atoms with E-state index in [9.17, 15) is 4.79 Å². The summed E-state index contributed by atoms with van der Waals surface area (Å²) < 4.78 is 0. The van der Waals surface area contributed by atoms with E-state index in [0.717, 1.165) is 0 Å². The van der Waals surface area contributed by atoms with Gasteiger partial charge >= 0.3 is 0 Å². The number of aliphatic hydroxyl groups is 3. The molecule has 6 heteroatoms. The molecule has 1 amide bonds. The van der Waals surface area contributed by atoms with Gasteiger partial charge in [-0.15, -0.1) is 0 Å². The number of aromatic nitrogens is 1. The smallest absolute Gasteiger partial charge is 0.225 e. The molecule has 0 saturated heterocycles. The van der Waals surface area contributed by atoms with E-state index in [2.05, 4.69) is 10.3 Å². The van der Waals surface area contributed by atoms with Crippen molar-refractivity contribution in [3.8, 4) is 0 Å². The zero-order valence-corrected chi connectivity index (χ0v) is 9.33. The Kier molecular flexibility index (Phi) is 5.02. The lowest BCUT2D eigenvalue weighted by molar-refractivity contribution is -0.124. The Morgan fingerprint density at radius 1 is 1.29 bits per heavy atom. The molecule has 1 rings (SSSR count). The number of pyridine rings is 1. The van der Waals surface area contributed by atoms with Gasteiger partial charge in [0.15, 0.2) is 0 Å². The Bertz CT molecular complexity index is 343. The Balaban J connectivity index is 2.60. The third-order valence-corrected chi connectivity index (χ3v) is 2.40. The minimum absolute atomic E-state index is 0.0790. The van der Waals surface area contributed by atoms with Crippen LogP contribution in [0.5, 0.6) is 0 Å². The fourth-order valence-corrected chi connectivity index (χ4v) is 1.30. The van der Waals surface area contributed by atoms with E-state index < -0.39 is 31.3 Å². The van der Waals surface area contributed by atoms with Crippen LogP contribution in [0.15, 0.2) is 24.5 Å². The monoisotopic (exact) mass is 240 g/mol. The molecule has 0 radical (unpaired) electrons. The van der Waals surface area contributed by atoms with E-state index in [0.29, 0.717) is 5.56 Å². The lowest BCUT2D eigenvalue weighted by Crippen LogP contribution is -2.57. The van der Waals surface area contributed by atoms with Crippen LogP contribution < -0.4 is 5.32 Å². The third-order valence-electron chi connectivity index (χ3n) is 2.40. The van der Waals surface area contributed by atoms with Crippen molar-refractivity contribution < 1.29 is 20.1 Å². The summed E-state index contributed by atoms with van der Waals surface area (Å²) in [5, 5.41) is 29.5. The molecule has 0 bridgehead atoms. The van der Waals surface area contributed by atoms with Crippen LogP contribution in [0.4, 0.5) is 0 Å². The molecular weight excluding hydrogens is 224 g/mol. The van der Waals surface area contributed by atoms with Crippen molar-refractivity contribution in [3.05, 3.63) is 30.1 Å². The summed E-state index contributed by atoms with van der Waals surface area (Å²) in [6.45, 7) is -1.59. The van der Waals surface area contributed by atoms with Gasteiger partial charge in [-0.2, -0.15) is 0 Å². The van der Waals surface area contributed by atoms with E-state index in [-0.39, 0.29) is 6.42 Å². The molecule has 4 N–H and O–H groups in total. The van der Waals surface area contributed by atoms with Crippen molar-refractivity contribution in [2.75, 3.05) is 19.8 Å². The lowest BCUT2D eigenvalue weighted by Gasteiger charge is -2.28. The molecule has 0 fully saturated rings. The van der Waals surface area contributed by atoms with Crippen molar-refractivity contribution >= 4 is 5.91 Å². The number of hydrogen-bond donors (Lipinski definition) is 4. The van der Waals surface area contributed by atoms with Gasteiger partial charge in [0.25, 0.3) is 0 Å². The van der Waals surface area contributed by atoms with Crippen LogP contribution in [0.25, 0.3) is 0 Å². The molecule has 0 saturated carbocycles. The van der Waals surface area contributed by atoms with Crippen LogP contribution in [-0.4, -0.2) is 51.6 Å². The van der Waals surface area contributed by atoms with E-state index >= 15 is 0 Å². The predicted molar refractivity (Wildman–Crippen MR) is 60.1 cm³/mol. The van der Waals surface area contributed by atoms with Crippen LogP contribution in [0.1, 0.15) is 5.56 Å². The molecule has 1 heterocycles. The second-order valence-electron chi connectivity index (χ2n) is 3.84. The second-order valence-corrected chi connectivity index (χ2v) is 3.84. The summed E-state index contributed by atoms with van der Waals surface area (Å²) in [6, 6.07) is 3.45. The van der Waals surface area contributed by atoms with Crippen LogP contribution in [0, 0.1) is 0 Å². The van der Waals surface area contributed by atoms with E-state index in [1.807, 2.05) is 0 Å². The molecule has 0 aromatic carbocycles. The molecule has 0 aliphatic carbocycles. The third kappa shape index (κ3) is 3.77. The quantitative estimate of drug-likeness (QED) is 0.482. The van der Waals surface area contributed by atoms with E-state index in [4.69, 9.17) is 15.3 Å². The average Bonchev–Trinajstić information content (AvgIpc) is 2.37. The van der Waals surface area contributed by atoms with Crippen LogP contribution in [-0.2, 0) is 11.2 Å². The first-order chi connectivity index (χ1) is 8.15. The molecular formula is C11H16N2O4. The SMILES string of the molecule is O=C(Cc1cccnc1)NC(CO)(CO)CO. The summed E-state index contributed by atoms with van der Waals surface area (Å²) in [4.78, 5) is 15.5. The first-order valence-corrected chi connectivity index (χ1v) is 5.18. The number of carbonyl (C=O) groups excluding carboxylic acids is 1. The number of aliphatic hydroxyl groups excluding tert-OH is 3. The number of nitrogens with zero attached hydrogens (tertiary/aromatic N) is 1. The Morgan fingerprint density at radius 3 is 2.41 bits per heavy atom. The van der Waals surface area contributed by atoms with Gasteiger partial charge in [0, 0.05) is 12.4 Å². The second kappa shape index (κ2) is 6.29. The maximum absolute atomic E-state index is 11.6. The van der Waals surface area contributed by atoms with Crippen molar-refractivity contribution in [1.29, 1.82) is 0 Å². The largest absolute Gasteiger partial charge is 0.394 e. The van der Waals surface area contributed by atoms with Gasteiger partial charge in [-0.3, -0.25) is 9.78 Å². The summed E-state index contributed by atoms with van der Waals surface area (Å²) >= 11 is 0. The van der Waals surface area contributed by atoms with Crippen molar-refractivity contribution in [3.63, 3.8) is 0 Å². The number of nitrogens with one attached hydrogen (secondary N) is 1. The minimum atomic E-state index is -1.38. The van der Waals surface area contributed by atoms with Gasteiger partial charge in [-0.05, 0) is 11.6 Å². The van der Waals surface area contributed by atoms with Crippen LogP contribution in [0.3, 0.4) is 0 Å². The molecule has 0 aliphatic rings. The average molecular weight is 240 g/mol. The molecule has 17 heavy (non-hydrogen) atoms. The van der Waals surface area contributed by atoms with Gasteiger partial charge in [0.2, 0.25) is 5.91 Å². The van der Waals surface area contributed by atoms with Crippen molar-refractivity contribution in [1.82, 2.24) is 10.3 Å². The van der Waals surface area contributed by atoms with Gasteiger partial charge in [-0.1, -0.05) is 6.07 Å². The first-order valence-electron chi connectivity index (χ1n) is 5.18. The highest BCUT2D eigenvalue weighted by molar-refractivity contribution is 5.79. The van der Waals surface area contributed by atoms with Crippen molar-refractivity contribution in [2.24, 2.45) is 0 Å². The summed E-state index contributed by atoms with van der Waals surface area (Å²) in [6.07, 6.45) is 3.23. The summed E-state index contributed by atoms with van der Waals surface area (Å²) in [5.41, 5.74) is -0.660. The standard InChI is InChI=1S/C11H16N2O4/c14-6-11(7-15,8-16)13-10(17)4-9-2-1-3-12-5-9/h1-3,5,14-16H,4,6-8H2,(H,13,17). The number of amides is 1. The molecule has 94 valence electrons. The number of hydrogen-bond acceptors (Lipinski definition) is 5. The predicted octanol–water partition coefficient (Wildman–Crippen LogP) is -1.54. The highest BCUT2D eigenvalue weighted by Crippen LogP contribution is 2.03.